The monoisotopic (exact) mass is 348 g/mol. The third-order valence-corrected chi connectivity index (χ3v) is 4.54. The average molecular weight is 348 g/mol. The molecular formula is C17H15F3N4O. The molecule has 0 saturated heterocycles. The Hall–Kier alpha value is -2.77. The number of alkyl halides is 3. The van der Waals surface area contributed by atoms with E-state index < -0.39 is 11.7 Å². The lowest BCUT2D eigenvalue weighted by molar-refractivity contribution is -0.137. The van der Waals surface area contributed by atoms with Crippen LogP contribution in [0.2, 0.25) is 0 Å². The lowest BCUT2D eigenvalue weighted by Crippen LogP contribution is -2.49. The molecule has 0 saturated carbocycles. The SMILES string of the molecule is O=C1C=CCN1C1CN(c2ccc(C(F)(F)F)cc2)c2ccnn2C1. The molecule has 5 nitrogen and oxygen atoms in total. The second-order valence-electron chi connectivity index (χ2n) is 6.07. The topological polar surface area (TPSA) is 41.4 Å². The van der Waals surface area contributed by atoms with Crippen molar-refractivity contribution in [3.8, 4) is 0 Å². The molecule has 1 amide bonds. The largest absolute Gasteiger partial charge is 0.416 e. The first kappa shape index (κ1) is 15.7. The van der Waals surface area contributed by atoms with Gasteiger partial charge in [0.25, 0.3) is 0 Å². The number of hydrogen-bond acceptors (Lipinski definition) is 3. The first-order valence-electron chi connectivity index (χ1n) is 7.87. The Morgan fingerprint density at radius 1 is 1.08 bits per heavy atom. The molecule has 1 unspecified atom stereocenters. The molecule has 2 aliphatic heterocycles. The van der Waals surface area contributed by atoms with Gasteiger partial charge in [-0.1, -0.05) is 6.08 Å². The highest BCUT2D eigenvalue weighted by molar-refractivity contribution is 5.90. The molecule has 2 aromatic rings. The van der Waals surface area contributed by atoms with Crippen molar-refractivity contribution in [2.24, 2.45) is 0 Å². The molecule has 3 heterocycles. The number of rotatable bonds is 2. The number of amides is 1. The summed E-state index contributed by atoms with van der Waals surface area (Å²) >= 11 is 0. The number of fused-ring (bicyclic) bond motifs is 1. The number of carbonyl (C=O) groups is 1. The van der Waals surface area contributed by atoms with Crippen LogP contribution >= 0.6 is 0 Å². The van der Waals surface area contributed by atoms with Crippen molar-refractivity contribution in [1.82, 2.24) is 14.7 Å². The number of hydrogen-bond donors (Lipinski definition) is 0. The van der Waals surface area contributed by atoms with Crippen molar-refractivity contribution < 1.29 is 18.0 Å². The number of anilines is 2. The van der Waals surface area contributed by atoms with Gasteiger partial charge >= 0.3 is 6.18 Å². The van der Waals surface area contributed by atoms with Crippen LogP contribution in [-0.2, 0) is 17.5 Å². The Morgan fingerprint density at radius 2 is 1.84 bits per heavy atom. The van der Waals surface area contributed by atoms with E-state index in [2.05, 4.69) is 5.10 Å². The molecule has 0 aliphatic carbocycles. The number of benzene rings is 1. The Morgan fingerprint density at radius 3 is 2.48 bits per heavy atom. The van der Waals surface area contributed by atoms with Crippen molar-refractivity contribution in [3.63, 3.8) is 0 Å². The maximum atomic E-state index is 12.8. The predicted octanol–water partition coefficient (Wildman–Crippen LogP) is 2.82. The van der Waals surface area contributed by atoms with Crippen molar-refractivity contribution >= 4 is 17.4 Å². The molecule has 2 aliphatic rings. The molecule has 0 N–H and O–H groups in total. The zero-order chi connectivity index (χ0) is 17.6. The zero-order valence-electron chi connectivity index (χ0n) is 13.1. The highest BCUT2D eigenvalue weighted by Crippen LogP contribution is 2.34. The second-order valence-corrected chi connectivity index (χ2v) is 6.07. The van der Waals surface area contributed by atoms with Crippen molar-refractivity contribution in [2.45, 2.75) is 18.8 Å². The third kappa shape index (κ3) is 2.77. The normalized spacial score (nSPS) is 20.3. The highest BCUT2D eigenvalue weighted by atomic mass is 19.4. The Bertz CT molecular complexity index is 825. The summed E-state index contributed by atoms with van der Waals surface area (Å²) in [6, 6.07) is 6.76. The first-order valence-corrected chi connectivity index (χ1v) is 7.87. The fraction of sp³-hybridized carbons (Fsp3) is 0.294. The van der Waals surface area contributed by atoms with Crippen molar-refractivity contribution in [1.29, 1.82) is 0 Å². The molecule has 130 valence electrons. The zero-order valence-corrected chi connectivity index (χ0v) is 13.1. The van der Waals surface area contributed by atoms with Gasteiger partial charge in [-0.3, -0.25) is 4.79 Å². The summed E-state index contributed by atoms with van der Waals surface area (Å²) in [7, 11) is 0. The molecule has 8 heteroatoms. The number of halogens is 3. The molecule has 25 heavy (non-hydrogen) atoms. The standard InChI is InChI=1S/C17H15F3N4O/c18-17(19,20)12-3-5-13(6-4-12)23-10-14(22-9-1-2-16(22)25)11-24-15(23)7-8-21-24/h1-8,14H,9-11H2. The molecule has 1 aromatic heterocycles. The number of aromatic nitrogens is 2. The van der Waals surface area contributed by atoms with Gasteiger partial charge in [0.1, 0.15) is 5.82 Å². The summed E-state index contributed by atoms with van der Waals surface area (Å²) in [5.74, 6) is 0.753. The summed E-state index contributed by atoms with van der Waals surface area (Å²) in [6.07, 6.45) is 0.641. The second kappa shape index (κ2) is 5.65. The maximum Gasteiger partial charge on any atom is 0.416 e. The van der Waals surface area contributed by atoms with Crippen LogP contribution < -0.4 is 4.90 Å². The summed E-state index contributed by atoms with van der Waals surface area (Å²) in [5.41, 5.74) is -0.0451. The van der Waals surface area contributed by atoms with E-state index in [0.717, 1.165) is 18.0 Å². The van der Waals surface area contributed by atoms with Crippen LogP contribution in [0.25, 0.3) is 0 Å². The van der Waals surface area contributed by atoms with E-state index in [9.17, 15) is 18.0 Å². The van der Waals surface area contributed by atoms with Crippen LogP contribution in [0, 0.1) is 0 Å². The quantitative estimate of drug-likeness (QED) is 0.838. The molecule has 0 bridgehead atoms. The fourth-order valence-corrected chi connectivity index (χ4v) is 3.30. The van der Waals surface area contributed by atoms with Gasteiger partial charge in [-0.15, -0.1) is 0 Å². The Kier molecular flexibility index (Phi) is 3.55. The minimum atomic E-state index is -4.36. The minimum Gasteiger partial charge on any atom is -0.329 e. The third-order valence-electron chi connectivity index (χ3n) is 4.54. The van der Waals surface area contributed by atoms with Gasteiger partial charge in [-0.25, -0.2) is 4.68 Å². The van der Waals surface area contributed by atoms with Gasteiger partial charge in [0.05, 0.1) is 24.3 Å². The number of carbonyl (C=O) groups excluding carboxylic acids is 1. The van der Waals surface area contributed by atoms with Crippen LogP contribution in [-0.4, -0.2) is 39.7 Å². The van der Waals surface area contributed by atoms with Crippen LogP contribution in [0.1, 0.15) is 5.56 Å². The molecule has 0 spiro atoms. The highest BCUT2D eigenvalue weighted by Gasteiger charge is 2.34. The lowest BCUT2D eigenvalue weighted by atomic mass is 10.1. The first-order chi connectivity index (χ1) is 11.9. The van der Waals surface area contributed by atoms with E-state index in [-0.39, 0.29) is 11.9 Å². The minimum absolute atomic E-state index is 0.0482. The summed E-state index contributed by atoms with van der Waals surface area (Å²) in [6.45, 7) is 1.61. The average Bonchev–Trinajstić information content (AvgIpc) is 3.21. The summed E-state index contributed by atoms with van der Waals surface area (Å²) in [5, 5.41) is 4.27. The predicted molar refractivity (Wildman–Crippen MR) is 85.3 cm³/mol. The van der Waals surface area contributed by atoms with E-state index in [1.54, 1.807) is 21.9 Å². The molecule has 4 rings (SSSR count). The van der Waals surface area contributed by atoms with Gasteiger partial charge in [0.15, 0.2) is 0 Å². The summed E-state index contributed by atoms with van der Waals surface area (Å²) < 4.78 is 40.1. The fourth-order valence-electron chi connectivity index (χ4n) is 3.30. The molecule has 0 fully saturated rings. The molecule has 1 aromatic carbocycles. The van der Waals surface area contributed by atoms with Gasteiger partial charge < -0.3 is 9.80 Å². The smallest absolute Gasteiger partial charge is 0.329 e. The van der Waals surface area contributed by atoms with Crippen molar-refractivity contribution in [2.75, 3.05) is 18.0 Å². The van der Waals surface area contributed by atoms with E-state index in [0.29, 0.717) is 25.3 Å². The van der Waals surface area contributed by atoms with E-state index >= 15 is 0 Å². The van der Waals surface area contributed by atoms with Crippen molar-refractivity contribution in [3.05, 3.63) is 54.2 Å². The van der Waals surface area contributed by atoms with Gasteiger partial charge in [-0.05, 0) is 24.3 Å². The van der Waals surface area contributed by atoms with E-state index in [1.807, 2.05) is 17.0 Å². The van der Waals surface area contributed by atoms with Crippen LogP contribution in [0.4, 0.5) is 24.7 Å². The van der Waals surface area contributed by atoms with Gasteiger partial charge in [-0.2, -0.15) is 18.3 Å². The molecule has 0 radical (unpaired) electrons. The Balaban J connectivity index is 1.65. The van der Waals surface area contributed by atoms with Gasteiger partial charge in [0.2, 0.25) is 5.91 Å². The van der Waals surface area contributed by atoms with Crippen LogP contribution in [0.5, 0.6) is 0 Å². The Labute approximate surface area is 141 Å². The van der Waals surface area contributed by atoms with Gasteiger partial charge in [0, 0.05) is 30.9 Å². The number of nitrogens with zero attached hydrogens (tertiary/aromatic N) is 4. The van der Waals surface area contributed by atoms with E-state index in [4.69, 9.17) is 0 Å². The molecule has 1 atom stereocenters. The lowest BCUT2D eigenvalue weighted by Gasteiger charge is -2.38. The summed E-state index contributed by atoms with van der Waals surface area (Å²) in [4.78, 5) is 15.6. The van der Waals surface area contributed by atoms with Crippen LogP contribution in [0.3, 0.4) is 0 Å². The van der Waals surface area contributed by atoms with E-state index in [1.165, 1.54) is 12.1 Å². The maximum absolute atomic E-state index is 12.8. The molecular weight excluding hydrogens is 333 g/mol. The van der Waals surface area contributed by atoms with Crippen LogP contribution in [0.15, 0.2) is 48.7 Å².